The topological polar surface area (TPSA) is 84.2 Å². The number of carbonyl (C=O) groups excluding carboxylic acids is 1. The normalized spacial score (nSPS) is 10.3. The van der Waals surface area contributed by atoms with E-state index in [0.717, 1.165) is 4.68 Å². The van der Waals surface area contributed by atoms with E-state index in [2.05, 4.69) is 10.4 Å². The summed E-state index contributed by atoms with van der Waals surface area (Å²) in [7, 11) is 0. The predicted octanol–water partition coefficient (Wildman–Crippen LogP) is 0.106. The van der Waals surface area contributed by atoms with Gasteiger partial charge in [-0.15, -0.1) is 0 Å². The molecule has 15 heavy (non-hydrogen) atoms. The molecule has 0 aliphatic carbocycles. The van der Waals surface area contributed by atoms with Crippen LogP contribution in [0.4, 0.5) is 0 Å². The highest BCUT2D eigenvalue weighted by Crippen LogP contribution is 1.98. The maximum atomic E-state index is 11.3. The Bertz CT molecular complexity index is 370. The highest BCUT2D eigenvalue weighted by molar-refractivity contribution is 5.86. The van der Waals surface area contributed by atoms with E-state index >= 15 is 0 Å². The molecule has 0 saturated heterocycles. The van der Waals surface area contributed by atoms with Crippen molar-refractivity contribution in [2.45, 2.75) is 26.4 Å². The fraction of sp³-hybridized carbons (Fsp3) is 0.444. The average Bonchev–Trinajstić information content (AvgIpc) is 2.50. The van der Waals surface area contributed by atoms with E-state index in [4.69, 9.17) is 5.11 Å². The van der Waals surface area contributed by atoms with Crippen LogP contribution in [0, 0.1) is 0 Å². The van der Waals surface area contributed by atoms with E-state index in [-0.39, 0.29) is 24.2 Å². The lowest BCUT2D eigenvalue weighted by molar-refractivity contribution is -0.122. The maximum absolute atomic E-state index is 11.3. The van der Waals surface area contributed by atoms with Crippen molar-refractivity contribution < 1.29 is 14.7 Å². The minimum Gasteiger partial charge on any atom is -0.477 e. The summed E-state index contributed by atoms with van der Waals surface area (Å²) in [5.74, 6) is -1.35. The number of carboxylic acid groups (broad SMARTS) is 1. The molecule has 0 aliphatic rings. The molecule has 0 aromatic carbocycles. The quantitative estimate of drug-likeness (QED) is 0.740. The molecule has 6 nitrogen and oxygen atoms in total. The number of hydrogen-bond donors (Lipinski definition) is 2. The van der Waals surface area contributed by atoms with E-state index in [9.17, 15) is 9.59 Å². The third kappa shape index (κ3) is 3.08. The van der Waals surface area contributed by atoms with Gasteiger partial charge in [0.2, 0.25) is 5.91 Å². The molecule has 0 spiro atoms. The molecule has 1 amide bonds. The average molecular weight is 211 g/mol. The molecule has 6 heteroatoms. The fourth-order valence-electron chi connectivity index (χ4n) is 1.14. The molecule has 0 fully saturated rings. The van der Waals surface area contributed by atoms with Crippen molar-refractivity contribution >= 4 is 11.9 Å². The molecule has 0 unspecified atom stereocenters. The van der Waals surface area contributed by atoms with Crippen molar-refractivity contribution in [1.82, 2.24) is 15.1 Å². The molecule has 0 saturated carbocycles. The number of amides is 1. The second-order valence-electron chi connectivity index (χ2n) is 3.40. The van der Waals surface area contributed by atoms with Gasteiger partial charge in [0, 0.05) is 12.2 Å². The molecular formula is C9H13N3O3. The third-order valence-electron chi connectivity index (χ3n) is 1.68. The zero-order chi connectivity index (χ0) is 11.4. The molecule has 0 aliphatic heterocycles. The van der Waals surface area contributed by atoms with Gasteiger partial charge in [0.1, 0.15) is 12.2 Å². The van der Waals surface area contributed by atoms with E-state index in [1.165, 1.54) is 12.3 Å². The van der Waals surface area contributed by atoms with Gasteiger partial charge >= 0.3 is 5.97 Å². The number of nitrogens with one attached hydrogen (secondary N) is 1. The van der Waals surface area contributed by atoms with Crippen molar-refractivity contribution in [2.24, 2.45) is 0 Å². The van der Waals surface area contributed by atoms with E-state index in [0.29, 0.717) is 0 Å². The van der Waals surface area contributed by atoms with Crippen molar-refractivity contribution in [3.05, 3.63) is 18.0 Å². The molecule has 82 valence electrons. The number of nitrogens with zero attached hydrogens (tertiary/aromatic N) is 2. The number of rotatable bonds is 4. The van der Waals surface area contributed by atoms with E-state index < -0.39 is 5.97 Å². The van der Waals surface area contributed by atoms with Gasteiger partial charge in [-0.05, 0) is 19.9 Å². The molecule has 1 aromatic rings. The van der Waals surface area contributed by atoms with Crippen LogP contribution in [0.5, 0.6) is 0 Å². The number of hydrogen-bond acceptors (Lipinski definition) is 3. The number of carboxylic acids is 1. The molecule has 0 atom stereocenters. The van der Waals surface area contributed by atoms with Gasteiger partial charge in [0.15, 0.2) is 0 Å². The predicted molar refractivity (Wildman–Crippen MR) is 52.5 cm³/mol. The van der Waals surface area contributed by atoms with Gasteiger partial charge in [-0.1, -0.05) is 0 Å². The summed E-state index contributed by atoms with van der Waals surface area (Å²) in [5, 5.41) is 15.2. The first-order chi connectivity index (χ1) is 7.00. The molecule has 1 heterocycles. The molecular weight excluding hydrogens is 198 g/mol. The van der Waals surface area contributed by atoms with Gasteiger partial charge in [-0.3, -0.25) is 4.79 Å². The Morgan fingerprint density at radius 2 is 2.27 bits per heavy atom. The van der Waals surface area contributed by atoms with Crippen molar-refractivity contribution in [3.63, 3.8) is 0 Å². The summed E-state index contributed by atoms with van der Waals surface area (Å²) in [5.41, 5.74) is 0.00825. The van der Waals surface area contributed by atoms with Crippen LogP contribution in [0.1, 0.15) is 24.3 Å². The van der Waals surface area contributed by atoms with Crippen LogP contribution in [-0.2, 0) is 11.3 Å². The zero-order valence-electron chi connectivity index (χ0n) is 8.60. The summed E-state index contributed by atoms with van der Waals surface area (Å²) in [4.78, 5) is 22.0. The Hall–Kier alpha value is -1.85. The molecule has 0 bridgehead atoms. The lowest BCUT2D eigenvalue weighted by Gasteiger charge is -2.08. The number of aromatic nitrogens is 2. The Balaban J connectivity index is 2.68. The molecule has 1 aromatic heterocycles. The highest BCUT2D eigenvalue weighted by Gasteiger charge is 2.13. The smallest absolute Gasteiger partial charge is 0.354 e. The Morgan fingerprint density at radius 3 is 2.80 bits per heavy atom. The van der Waals surface area contributed by atoms with Gasteiger partial charge in [0.25, 0.3) is 0 Å². The summed E-state index contributed by atoms with van der Waals surface area (Å²) in [6, 6.07) is 1.38. The van der Waals surface area contributed by atoms with Crippen LogP contribution in [-0.4, -0.2) is 32.8 Å². The number of aromatic carboxylic acids is 1. The summed E-state index contributed by atoms with van der Waals surface area (Å²) in [6.07, 6.45) is 1.35. The second-order valence-corrected chi connectivity index (χ2v) is 3.40. The lowest BCUT2D eigenvalue weighted by Crippen LogP contribution is -2.34. The van der Waals surface area contributed by atoms with Crippen molar-refractivity contribution in [1.29, 1.82) is 0 Å². The van der Waals surface area contributed by atoms with Crippen molar-refractivity contribution in [3.8, 4) is 0 Å². The fourth-order valence-corrected chi connectivity index (χ4v) is 1.14. The Kier molecular flexibility index (Phi) is 3.43. The number of carbonyl (C=O) groups is 2. The molecule has 0 radical (unpaired) electrons. The first kappa shape index (κ1) is 11.2. The molecule has 2 N–H and O–H groups in total. The minimum atomic E-state index is -1.09. The van der Waals surface area contributed by atoms with Crippen LogP contribution in [0.2, 0.25) is 0 Å². The highest BCUT2D eigenvalue weighted by atomic mass is 16.4. The first-order valence-electron chi connectivity index (χ1n) is 4.55. The summed E-state index contributed by atoms with van der Waals surface area (Å²) < 4.78 is 1.15. The maximum Gasteiger partial charge on any atom is 0.354 e. The van der Waals surface area contributed by atoms with Gasteiger partial charge in [0.05, 0.1) is 0 Å². The minimum absolute atomic E-state index is 0.00825. The standard InChI is InChI=1S/C9H13N3O3/c1-6(2)11-8(13)5-12-7(9(14)15)3-4-10-12/h3-4,6H,5H2,1-2H3,(H,11,13)(H,14,15). The van der Waals surface area contributed by atoms with Gasteiger partial charge < -0.3 is 10.4 Å². The SMILES string of the molecule is CC(C)NC(=O)Cn1nccc1C(=O)O. The molecule has 1 rings (SSSR count). The second kappa shape index (κ2) is 4.59. The van der Waals surface area contributed by atoms with Crippen LogP contribution in [0.15, 0.2) is 12.3 Å². The van der Waals surface area contributed by atoms with Crippen LogP contribution >= 0.6 is 0 Å². The van der Waals surface area contributed by atoms with Crippen LogP contribution in [0.3, 0.4) is 0 Å². The third-order valence-corrected chi connectivity index (χ3v) is 1.68. The summed E-state index contributed by atoms with van der Waals surface area (Å²) >= 11 is 0. The van der Waals surface area contributed by atoms with Crippen LogP contribution in [0.25, 0.3) is 0 Å². The zero-order valence-corrected chi connectivity index (χ0v) is 8.60. The van der Waals surface area contributed by atoms with Gasteiger partial charge in [-0.25, -0.2) is 9.48 Å². The Labute approximate surface area is 86.9 Å². The van der Waals surface area contributed by atoms with E-state index in [1.54, 1.807) is 0 Å². The lowest BCUT2D eigenvalue weighted by atomic mass is 10.4. The van der Waals surface area contributed by atoms with Crippen molar-refractivity contribution in [2.75, 3.05) is 0 Å². The Morgan fingerprint density at radius 1 is 1.60 bits per heavy atom. The monoisotopic (exact) mass is 211 g/mol. The van der Waals surface area contributed by atoms with Crippen LogP contribution < -0.4 is 5.32 Å². The first-order valence-corrected chi connectivity index (χ1v) is 4.55. The van der Waals surface area contributed by atoms with Gasteiger partial charge in [-0.2, -0.15) is 5.10 Å². The van der Waals surface area contributed by atoms with E-state index in [1.807, 2.05) is 13.8 Å². The summed E-state index contributed by atoms with van der Waals surface area (Å²) in [6.45, 7) is 3.59. The largest absolute Gasteiger partial charge is 0.477 e.